The molecule has 1 heterocycles. The standard InChI is InChI=1S/C49H35NS/c1-49(2)41-23-9-5-20-40(41)47-38(21-13-24-42(47)49)36-18-7-11-26-44(36)50(45-27-14-22-39-37-19-8-12-28-46(37)51-48(39)45)43-25-10-6-17-35(43)34-30-29-32-15-3-4-16-33(32)31-34/h3-31H,1-2H3. The van der Waals surface area contributed by atoms with Gasteiger partial charge in [0.05, 0.1) is 21.8 Å². The lowest BCUT2D eigenvalue weighted by atomic mass is 9.82. The van der Waals surface area contributed by atoms with Gasteiger partial charge in [0.2, 0.25) is 0 Å². The lowest BCUT2D eigenvalue weighted by Crippen LogP contribution is -2.15. The number of thiophene rings is 1. The first-order valence-electron chi connectivity index (χ1n) is 17.7. The summed E-state index contributed by atoms with van der Waals surface area (Å²) in [6, 6.07) is 64.9. The summed E-state index contributed by atoms with van der Waals surface area (Å²) in [5.74, 6) is 0. The van der Waals surface area contributed by atoms with E-state index in [1.807, 2.05) is 11.3 Å². The van der Waals surface area contributed by atoms with Crippen LogP contribution in [0.25, 0.3) is 64.3 Å². The summed E-state index contributed by atoms with van der Waals surface area (Å²) in [6.07, 6.45) is 0. The molecule has 51 heavy (non-hydrogen) atoms. The fourth-order valence-corrected chi connectivity index (χ4v) is 9.65. The van der Waals surface area contributed by atoms with Crippen LogP contribution in [0.1, 0.15) is 25.0 Å². The first-order chi connectivity index (χ1) is 25.1. The van der Waals surface area contributed by atoms with Crippen molar-refractivity contribution in [3.63, 3.8) is 0 Å². The Morgan fingerprint density at radius 3 is 1.88 bits per heavy atom. The Balaban J connectivity index is 1.28. The van der Waals surface area contributed by atoms with E-state index >= 15 is 0 Å². The minimum Gasteiger partial charge on any atom is -0.308 e. The fraction of sp³-hybridized carbons (Fsp3) is 0.0612. The van der Waals surface area contributed by atoms with Gasteiger partial charge < -0.3 is 4.90 Å². The van der Waals surface area contributed by atoms with E-state index in [4.69, 9.17) is 0 Å². The molecule has 0 saturated heterocycles. The maximum atomic E-state index is 2.53. The highest BCUT2D eigenvalue weighted by Crippen LogP contribution is 2.55. The largest absolute Gasteiger partial charge is 0.308 e. The third-order valence-electron chi connectivity index (χ3n) is 10.9. The van der Waals surface area contributed by atoms with Crippen LogP contribution in [0.15, 0.2) is 176 Å². The van der Waals surface area contributed by atoms with Crippen molar-refractivity contribution in [2.75, 3.05) is 4.90 Å². The molecule has 8 aromatic carbocycles. The molecule has 0 fully saturated rings. The molecule has 1 aromatic heterocycles. The number of nitrogens with zero attached hydrogens (tertiary/aromatic N) is 1. The molecule has 0 N–H and O–H groups in total. The predicted octanol–water partition coefficient (Wildman–Crippen LogP) is 14.3. The van der Waals surface area contributed by atoms with Gasteiger partial charge in [0, 0.05) is 32.0 Å². The molecule has 10 rings (SSSR count). The van der Waals surface area contributed by atoms with Crippen LogP contribution in [0.5, 0.6) is 0 Å². The zero-order chi connectivity index (χ0) is 34.1. The molecule has 0 amide bonds. The molecule has 9 aromatic rings. The van der Waals surface area contributed by atoms with Crippen LogP contribution >= 0.6 is 11.3 Å². The Morgan fingerprint density at radius 2 is 1.02 bits per heavy atom. The molecule has 0 atom stereocenters. The van der Waals surface area contributed by atoms with Gasteiger partial charge in [0.1, 0.15) is 0 Å². The molecule has 0 unspecified atom stereocenters. The molecular weight excluding hydrogens is 635 g/mol. The molecule has 0 aliphatic heterocycles. The number of benzene rings is 8. The van der Waals surface area contributed by atoms with Gasteiger partial charge in [-0.25, -0.2) is 0 Å². The van der Waals surface area contributed by atoms with Crippen LogP contribution < -0.4 is 4.90 Å². The number of fused-ring (bicyclic) bond motifs is 7. The van der Waals surface area contributed by atoms with Crippen LogP contribution in [0.2, 0.25) is 0 Å². The van der Waals surface area contributed by atoms with E-state index in [9.17, 15) is 0 Å². The van der Waals surface area contributed by atoms with E-state index in [1.54, 1.807) is 0 Å². The van der Waals surface area contributed by atoms with Crippen molar-refractivity contribution in [3.8, 4) is 33.4 Å². The van der Waals surface area contributed by atoms with E-state index in [2.05, 4.69) is 195 Å². The third kappa shape index (κ3) is 4.60. The highest BCUT2D eigenvalue weighted by molar-refractivity contribution is 7.26. The van der Waals surface area contributed by atoms with E-state index in [-0.39, 0.29) is 5.41 Å². The van der Waals surface area contributed by atoms with Gasteiger partial charge >= 0.3 is 0 Å². The van der Waals surface area contributed by atoms with Crippen LogP contribution in [0, 0.1) is 0 Å². The first-order valence-corrected chi connectivity index (χ1v) is 18.5. The maximum absolute atomic E-state index is 2.53. The monoisotopic (exact) mass is 669 g/mol. The number of hydrogen-bond donors (Lipinski definition) is 0. The van der Waals surface area contributed by atoms with E-state index in [0.29, 0.717) is 0 Å². The van der Waals surface area contributed by atoms with Gasteiger partial charge in [-0.05, 0) is 74.5 Å². The van der Waals surface area contributed by atoms with Gasteiger partial charge in [-0.1, -0.05) is 159 Å². The Labute approximate surface area is 302 Å². The number of anilines is 3. The summed E-state index contributed by atoms with van der Waals surface area (Å²) in [5, 5.41) is 5.08. The topological polar surface area (TPSA) is 3.24 Å². The molecule has 0 radical (unpaired) electrons. The number of hydrogen-bond acceptors (Lipinski definition) is 2. The van der Waals surface area contributed by atoms with Crippen molar-refractivity contribution >= 4 is 59.3 Å². The summed E-state index contributed by atoms with van der Waals surface area (Å²) < 4.78 is 2.59. The molecule has 1 aliphatic rings. The van der Waals surface area contributed by atoms with Crippen molar-refractivity contribution in [1.29, 1.82) is 0 Å². The fourth-order valence-electron chi connectivity index (χ4n) is 8.44. The Morgan fingerprint density at radius 1 is 0.431 bits per heavy atom. The van der Waals surface area contributed by atoms with E-state index in [1.165, 1.54) is 81.1 Å². The average molecular weight is 670 g/mol. The quantitative estimate of drug-likeness (QED) is 0.176. The Hall–Kier alpha value is -5.96. The van der Waals surface area contributed by atoms with E-state index in [0.717, 1.165) is 11.4 Å². The lowest BCUT2D eigenvalue weighted by Gasteiger charge is -2.31. The Bertz CT molecular complexity index is 2800. The SMILES string of the molecule is CC1(C)c2ccccc2-c2c(-c3ccccc3N(c3ccccc3-c3ccc4ccccc4c3)c3cccc4c3sc3ccccc34)cccc21. The lowest BCUT2D eigenvalue weighted by molar-refractivity contribution is 0.660. The van der Waals surface area contributed by atoms with Crippen LogP contribution in [-0.4, -0.2) is 0 Å². The molecule has 1 aliphatic carbocycles. The van der Waals surface area contributed by atoms with Crippen molar-refractivity contribution in [1.82, 2.24) is 0 Å². The second-order valence-corrected chi connectivity index (χ2v) is 15.1. The highest BCUT2D eigenvalue weighted by atomic mass is 32.1. The van der Waals surface area contributed by atoms with Crippen molar-refractivity contribution in [2.24, 2.45) is 0 Å². The highest BCUT2D eigenvalue weighted by Gasteiger charge is 2.37. The second kappa shape index (κ2) is 11.6. The maximum Gasteiger partial charge on any atom is 0.0640 e. The average Bonchev–Trinajstić information content (AvgIpc) is 3.68. The number of rotatable bonds is 5. The minimum absolute atomic E-state index is 0.0814. The molecule has 2 heteroatoms. The van der Waals surface area contributed by atoms with Gasteiger partial charge in [-0.2, -0.15) is 0 Å². The molecular formula is C49H35NS. The summed E-state index contributed by atoms with van der Waals surface area (Å²) in [5.41, 5.74) is 13.7. The predicted molar refractivity (Wildman–Crippen MR) is 220 cm³/mol. The van der Waals surface area contributed by atoms with Gasteiger partial charge in [0.25, 0.3) is 0 Å². The zero-order valence-electron chi connectivity index (χ0n) is 28.6. The number of para-hydroxylation sites is 2. The normalized spacial score (nSPS) is 13.1. The van der Waals surface area contributed by atoms with Crippen molar-refractivity contribution < 1.29 is 0 Å². The van der Waals surface area contributed by atoms with Crippen LogP contribution in [-0.2, 0) is 5.41 Å². The molecule has 0 bridgehead atoms. The van der Waals surface area contributed by atoms with Gasteiger partial charge in [-0.3, -0.25) is 0 Å². The summed E-state index contributed by atoms with van der Waals surface area (Å²) in [4.78, 5) is 2.53. The van der Waals surface area contributed by atoms with Crippen molar-refractivity contribution in [2.45, 2.75) is 19.3 Å². The smallest absolute Gasteiger partial charge is 0.0640 e. The second-order valence-electron chi connectivity index (χ2n) is 14.1. The molecule has 1 nitrogen and oxygen atoms in total. The van der Waals surface area contributed by atoms with Gasteiger partial charge in [0.15, 0.2) is 0 Å². The molecule has 0 spiro atoms. The molecule has 0 saturated carbocycles. The summed E-state index contributed by atoms with van der Waals surface area (Å²) >= 11 is 1.88. The van der Waals surface area contributed by atoms with E-state index < -0.39 is 0 Å². The summed E-state index contributed by atoms with van der Waals surface area (Å²) in [6.45, 7) is 4.73. The van der Waals surface area contributed by atoms with Crippen LogP contribution in [0.3, 0.4) is 0 Å². The first kappa shape index (κ1) is 29.9. The van der Waals surface area contributed by atoms with Crippen LogP contribution in [0.4, 0.5) is 17.1 Å². The molecule has 242 valence electrons. The van der Waals surface area contributed by atoms with Crippen molar-refractivity contribution in [3.05, 3.63) is 187 Å². The minimum atomic E-state index is -0.0814. The summed E-state index contributed by atoms with van der Waals surface area (Å²) in [7, 11) is 0. The third-order valence-corrected chi connectivity index (χ3v) is 12.1. The zero-order valence-corrected chi connectivity index (χ0v) is 29.4. The Kier molecular flexibility index (Phi) is 6.78. The van der Waals surface area contributed by atoms with Gasteiger partial charge in [-0.15, -0.1) is 11.3 Å².